The normalized spacial score (nSPS) is 10.7. The fraction of sp³-hybridized carbons (Fsp3) is 0.222. The lowest BCUT2D eigenvalue weighted by molar-refractivity contribution is -0.109. The Morgan fingerprint density at radius 3 is 2.93 bits per heavy atom. The van der Waals surface area contributed by atoms with Crippen LogP contribution in [0, 0.1) is 0 Å². The van der Waals surface area contributed by atoms with E-state index in [1.54, 1.807) is 12.2 Å². The number of carboxylic acids is 1. The van der Waals surface area contributed by atoms with Crippen LogP contribution in [0.2, 0.25) is 0 Å². The van der Waals surface area contributed by atoms with Crippen molar-refractivity contribution in [1.82, 2.24) is 4.98 Å². The lowest BCUT2D eigenvalue weighted by Gasteiger charge is -1.87. The van der Waals surface area contributed by atoms with Gasteiger partial charge in [0.15, 0.2) is 10.8 Å². The monoisotopic (exact) mass is 243 g/mol. The van der Waals surface area contributed by atoms with E-state index in [0.29, 0.717) is 10.8 Å². The quantitative estimate of drug-likeness (QED) is 0.877. The Balaban J connectivity index is 2.50. The molecule has 0 aromatic carbocycles. The highest BCUT2D eigenvalue weighted by Crippen LogP contribution is 2.12. The van der Waals surface area contributed by atoms with Crippen LogP contribution in [0.5, 0.6) is 0 Å². The minimum atomic E-state index is -1.02. The van der Waals surface area contributed by atoms with Gasteiger partial charge in [0, 0.05) is 18.1 Å². The molecule has 0 radical (unpaired) electrons. The predicted molar refractivity (Wildman–Crippen MR) is 61.2 cm³/mol. The Bertz CT molecular complexity index is 398. The molecule has 15 heavy (non-hydrogen) atoms. The maximum absolute atomic E-state index is 10.6. The number of nitrogens with zero attached hydrogens (tertiary/aromatic N) is 1. The Morgan fingerprint density at radius 2 is 2.40 bits per heavy atom. The van der Waals surface area contributed by atoms with Crippen LogP contribution in [0.1, 0.15) is 22.4 Å². The molecule has 0 aliphatic heterocycles. The lowest BCUT2D eigenvalue weighted by Crippen LogP contribution is -1.95. The molecule has 1 N–H and O–H groups in total. The average Bonchev–Trinajstić information content (AvgIpc) is 2.60. The van der Waals surface area contributed by atoms with Crippen LogP contribution in [0.4, 0.5) is 0 Å². The summed E-state index contributed by atoms with van der Waals surface area (Å²) in [7, 11) is 0. The van der Waals surface area contributed by atoms with Gasteiger partial charge in [-0.25, -0.2) is 9.78 Å². The molecule has 0 fully saturated rings. The van der Waals surface area contributed by atoms with Crippen LogP contribution >= 0.6 is 23.1 Å². The van der Waals surface area contributed by atoms with Crippen molar-refractivity contribution in [2.45, 2.75) is 6.92 Å². The van der Waals surface area contributed by atoms with Gasteiger partial charge in [0.1, 0.15) is 5.01 Å². The highest BCUT2D eigenvalue weighted by Gasteiger charge is 2.05. The molecule has 0 aliphatic carbocycles. The van der Waals surface area contributed by atoms with Gasteiger partial charge in [-0.15, -0.1) is 11.3 Å². The van der Waals surface area contributed by atoms with E-state index >= 15 is 0 Å². The van der Waals surface area contributed by atoms with Crippen molar-refractivity contribution < 1.29 is 14.7 Å². The molecule has 0 saturated heterocycles. The number of carbonyl (C=O) groups excluding carboxylic acids is 1. The second kappa shape index (κ2) is 5.67. The summed E-state index contributed by atoms with van der Waals surface area (Å²) >= 11 is 2.46. The van der Waals surface area contributed by atoms with Gasteiger partial charge in [-0.1, -0.05) is 17.8 Å². The number of carbonyl (C=O) groups is 2. The fourth-order valence-corrected chi connectivity index (χ4v) is 1.92. The number of aromatic nitrogens is 1. The van der Waals surface area contributed by atoms with E-state index in [1.165, 1.54) is 35.4 Å². The molecule has 0 unspecified atom stereocenters. The number of hydrogen-bond donors (Lipinski definition) is 1. The van der Waals surface area contributed by atoms with E-state index in [1.807, 2.05) is 0 Å². The largest absolute Gasteiger partial charge is 0.476 e. The molecular formula is C9H9NO3S2. The van der Waals surface area contributed by atoms with Gasteiger partial charge in [-0.2, -0.15) is 0 Å². The summed E-state index contributed by atoms with van der Waals surface area (Å²) < 4.78 is 0. The van der Waals surface area contributed by atoms with Gasteiger partial charge in [-0.05, 0) is 6.08 Å². The van der Waals surface area contributed by atoms with Gasteiger partial charge in [-0.3, -0.25) is 4.79 Å². The van der Waals surface area contributed by atoms with Crippen molar-refractivity contribution in [1.29, 1.82) is 0 Å². The van der Waals surface area contributed by atoms with E-state index in [-0.39, 0.29) is 10.8 Å². The smallest absolute Gasteiger partial charge is 0.355 e. The van der Waals surface area contributed by atoms with Gasteiger partial charge >= 0.3 is 5.97 Å². The van der Waals surface area contributed by atoms with E-state index < -0.39 is 5.97 Å². The zero-order chi connectivity index (χ0) is 11.3. The zero-order valence-corrected chi connectivity index (χ0v) is 9.60. The standard InChI is InChI=1S/C9H9NO3S2/c1-6(11)14-4-2-3-8-10-7(5-15-8)9(12)13/h2-3,5H,4H2,1H3,(H,12,13). The van der Waals surface area contributed by atoms with E-state index in [9.17, 15) is 9.59 Å². The average molecular weight is 243 g/mol. The van der Waals surface area contributed by atoms with Crippen LogP contribution in [-0.4, -0.2) is 26.9 Å². The van der Waals surface area contributed by atoms with Crippen LogP contribution in [0.25, 0.3) is 6.08 Å². The number of thioether (sulfide) groups is 1. The number of hydrogen-bond acceptors (Lipinski definition) is 5. The third kappa shape index (κ3) is 4.26. The Hall–Kier alpha value is -1.14. The molecule has 80 valence electrons. The van der Waals surface area contributed by atoms with Crippen molar-refractivity contribution in [3.8, 4) is 0 Å². The second-order valence-electron chi connectivity index (χ2n) is 2.58. The topological polar surface area (TPSA) is 67.3 Å². The fourth-order valence-electron chi connectivity index (χ4n) is 0.777. The minimum absolute atomic E-state index is 0.0545. The second-order valence-corrected chi connectivity index (χ2v) is 4.67. The number of rotatable bonds is 4. The van der Waals surface area contributed by atoms with E-state index in [4.69, 9.17) is 5.11 Å². The first-order chi connectivity index (χ1) is 7.09. The Labute approximate surface area is 95.0 Å². The summed E-state index contributed by atoms with van der Waals surface area (Å²) in [5.74, 6) is -0.443. The highest BCUT2D eigenvalue weighted by atomic mass is 32.2. The molecule has 1 heterocycles. The third-order valence-electron chi connectivity index (χ3n) is 1.38. The summed E-state index contributed by atoms with van der Waals surface area (Å²) in [6.45, 7) is 1.50. The minimum Gasteiger partial charge on any atom is -0.476 e. The van der Waals surface area contributed by atoms with E-state index in [0.717, 1.165) is 0 Å². The van der Waals surface area contributed by atoms with Crippen molar-refractivity contribution >= 4 is 40.3 Å². The molecule has 4 nitrogen and oxygen atoms in total. The first-order valence-corrected chi connectivity index (χ1v) is 5.95. The van der Waals surface area contributed by atoms with Gasteiger partial charge in [0.25, 0.3) is 0 Å². The molecule has 0 aliphatic rings. The SMILES string of the molecule is CC(=O)SCC=Cc1nc(C(=O)O)cs1. The number of carboxylic acid groups (broad SMARTS) is 1. The summed E-state index contributed by atoms with van der Waals surface area (Å²) in [6.07, 6.45) is 3.50. The van der Waals surface area contributed by atoms with Crippen LogP contribution in [-0.2, 0) is 4.79 Å². The molecule has 0 saturated carbocycles. The molecule has 0 atom stereocenters. The van der Waals surface area contributed by atoms with Gasteiger partial charge < -0.3 is 5.11 Å². The maximum Gasteiger partial charge on any atom is 0.355 e. The Morgan fingerprint density at radius 1 is 1.67 bits per heavy atom. The molecule has 1 aromatic rings. The molecule has 1 rings (SSSR count). The summed E-state index contributed by atoms with van der Waals surface area (Å²) in [5, 5.41) is 10.8. The van der Waals surface area contributed by atoms with Crippen molar-refractivity contribution in [2.24, 2.45) is 0 Å². The van der Waals surface area contributed by atoms with Crippen molar-refractivity contribution in [3.05, 3.63) is 22.2 Å². The van der Waals surface area contributed by atoms with Crippen molar-refractivity contribution in [3.63, 3.8) is 0 Å². The Kier molecular flexibility index (Phi) is 4.51. The highest BCUT2D eigenvalue weighted by molar-refractivity contribution is 8.13. The molecule has 6 heteroatoms. The maximum atomic E-state index is 10.6. The number of thiazole rings is 1. The molecule has 0 bridgehead atoms. The molecule has 0 spiro atoms. The summed E-state index contributed by atoms with van der Waals surface area (Å²) in [5.41, 5.74) is 0.0545. The first kappa shape index (κ1) is 11.9. The van der Waals surface area contributed by atoms with Gasteiger partial charge in [0.2, 0.25) is 0 Å². The molecule has 1 aromatic heterocycles. The van der Waals surface area contributed by atoms with E-state index in [2.05, 4.69) is 4.98 Å². The predicted octanol–water partition coefficient (Wildman–Crippen LogP) is 2.13. The molecular weight excluding hydrogens is 234 g/mol. The molecule has 0 amide bonds. The summed E-state index contributed by atoms with van der Waals surface area (Å²) in [4.78, 5) is 25.0. The first-order valence-electron chi connectivity index (χ1n) is 4.08. The van der Waals surface area contributed by atoms with Crippen LogP contribution < -0.4 is 0 Å². The zero-order valence-electron chi connectivity index (χ0n) is 7.97. The van der Waals surface area contributed by atoms with Crippen molar-refractivity contribution in [2.75, 3.05) is 5.75 Å². The van der Waals surface area contributed by atoms with Crippen LogP contribution in [0.3, 0.4) is 0 Å². The number of aromatic carboxylic acids is 1. The lowest BCUT2D eigenvalue weighted by atomic mass is 10.5. The summed E-state index contributed by atoms with van der Waals surface area (Å²) in [6, 6.07) is 0. The van der Waals surface area contributed by atoms with Crippen LogP contribution in [0.15, 0.2) is 11.5 Å². The third-order valence-corrected chi connectivity index (χ3v) is 2.96. The van der Waals surface area contributed by atoms with Gasteiger partial charge in [0.05, 0.1) is 0 Å².